The van der Waals surface area contributed by atoms with Gasteiger partial charge in [0.25, 0.3) is 5.91 Å². The van der Waals surface area contributed by atoms with Crippen LogP contribution in [0.4, 0.5) is 4.39 Å². The molecule has 1 aromatic rings. The van der Waals surface area contributed by atoms with Crippen molar-refractivity contribution in [3.05, 3.63) is 47.3 Å². The van der Waals surface area contributed by atoms with Crippen molar-refractivity contribution in [2.75, 3.05) is 13.2 Å². The highest BCUT2D eigenvalue weighted by molar-refractivity contribution is 5.96. The van der Waals surface area contributed by atoms with E-state index in [9.17, 15) is 14.3 Å². The Hall–Kier alpha value is -2.65. The molecule has 0 heterocycles. The van der Waals surface area contributed by atoms with Gasteiger partial charge in [0.1, 0.15) is 11.4 Å². The Morgan fingerprint density at radius 2 is 1.92 bits per heavy atom. The summed E-state index contributed by atoms with van der Waals surface area (Å²) < 4.78 is 13.0. The third-order valence-corrected chi connectivity index (χ3v) is 10.4. The van der Waals surface area contributed by atoms with Gasteiger partial charge in [-0.2, -0.15) is 0 Å². The molecule has 0 bridgehead atoms. The normalized spacial score (nSPS) is 37.5. The number of hydrogen-bond acceptors (Lipinski definition) is 4. The number of carbonyl (C=O) groups is 1. The van der Waals surface area contributed by atoms with Crippen LogP contribution in [0.2, 0.25) is 0 Å². The van der Waals surface area contributed by atoms with E-state index in [0.29, 0.717) is 30.7 Å². The molecule has 1 amide bonds. The maximum absolute atomic E-state index is 13.0. The Bertz CT molecular complexity index is 1140. The maximum atomic E-state index is 13.0. The maximum Gasteiger partial charge on any atom is 0.260 e. The number of halogens is 1. The minimum Gasteiger partial charge on any atom is -0.385 e. The van der Waals surface area contributed by atoms with E-state index < -0.39 is 5.60 Å². The molecule has 198 valence electrons. The number of benzene rings is 1. The molecule has 3 fully saturated rings. The van der Waals surface area contributed by atoms with Crippen LogP contribution < -0.4 is 5.32 Å². The summed E-state index contributed by atoms with van der Waals surface area (Å²) in [6.07, 6.45) is 16.6. The van der Waals surface area contributed by atoms with Crippen molar-refractivity contribution in [3.63, 3.8) is 0 Å². The Balaban J connectivity index is 1.16. The fraction of sp³-hybridized carbons (Fsp3) is 0.613. The molecule has 4 aliphatic carbocycles. The second-order valence-corrected chi connectivity index (χ2v) is 12.1. The molecular weight excluding hydrogens is 467 g/mol. The molecule has 3 saturated carbocycles. The summed E-state index contributed by atoms with van der Waals surface area (Å²) >= 11 is 0. The number of terminal acetylenes is 1. The number of fused-ring (bicyclic) bond motifs is 5. The number of oxime groups is 1. The molecule has 0 spiro atoms. The third kappa shape index (κ3) is 4.61. The monoisotopic (exact) mass is 506 g/mol. The van der Waals surface area contributed by atoms with Gasteiger partial charge < -0.3 is 15.3 Å². The minimum absolute atomic E-state index is 0.115. The van der Waals surface area contributed by atoms with Gasteiger partial charge in [0.05, 0.1) is 5.71 Å². The van der Waals surface area contributed by atoms with Crippen molar-refractivity contribution in [2.45, 2.75) is 77.2 Å². The predicted octanol–water partition coefficient (Wildman–Crippen LogP) is 5.18. The van der Waals surface area contributed by atoms with Crippen LogP contribution in [0.1, 0.15) is 70.8 Å². The topological polar surface area (TPSA) is 70.9 Å². The van der Waals surface area contributed by atoms with Crippen LogP contribution in [0.3, 0.4) is 0 Å². The number of hydrogen-bond donors (Lipinski definition) is 2. The highest BCUT2D eigenvalue weighted by Gasteiger charge is 2.63. The summed E-state index contributed by atoms with van der Waals surface area (Å²) in [5.41, 5.74) is 2.36. The Kier molecular flexibility index (Phi) is 6.96. The Morgan fingerprint density at radius 1 is 1.16 bits per heavy atom. The van der Waals surface area contributed by atoms with Crippen LogP contribution in [-0.2, 0) is 16.1 Å². The summed E-state index contributed by atoms with van der Waals surface area (Å²) in [4.78, 5) is 17.6. The van der Waals surface area contributed by atoms with E-state index in [0.717, 1.165) is 62.6 Å². The van der Waals surface area contributed by atoms with Gasteiger partial charge in [-0.25, -0.2) is 4.39 Å². The van der Waals surface area contributed by atoms with E-state index in [1.165, 1.54) is 17.7 Å². The second-order valence-electron chi connectivity index (χ2n) is 12.1. The zero-order valence-electron chi connectivity index (χ0n) is 22.1. The first-order chi connectivity index (χ1) is 17.7. The molecule has 2 N–H and O–H groups in total. The van der Waals surface area contributed by atoms with Crippen LogP contribution in [0, 0.1) is 46.7 Å². The summed E-state index contributed by atoms with van der Waals surface area (Å²) in [6, 6.07) is 6.29. The van der Waals surface area contributed by atoms with Gasteiger partial charge in [0.15, 0.2) is 6.61 Å². The van der Waals surface area contributed by atoms with Gasteiger partial charge in [-0.3, -0.25) is 4.79 Å². The van der Waals surface area contributed by atoms with Crippen LogP contribution in [0.5, 0.6) is 0 Å². The van der Waals surface area contributed by atoms with Crippen molar-refractivity contribution in [1.29, 1.82) is 0 Å². The van der Waals surface area contributed by atoms with Crippen LogP contribution in [0.25, 0.3) is 0 Å². The number of amides is 1. The first kappa shape index (κ1) is 26.0. The molecule has 4 aliphatic rings. The number of nitrogens with one attached hydrogen (secondary N) is 1. The minimum atomic E-state index is -0.962. The third-order valence-electron chi connectivity index (χ3n) is 10.4. The molecule has 1 aromatic carbocycles. The molecule has 6 heteroatoms. The summed E-state index contributed by atoms with van der Waals surface area (Å²) in [6.45, 7) is 5.01. The number of allylic oxidation sites excluding steroid dienone is 2. The summed E-state index contributed by atoms with van der Waals surface area (Å²) in [7, 11) is 0. The van der Waals surface area contributed by atoms with Gasteiger partial charge >= 0.3 is 0 Å². The Morgan fingerprint density at radius 3 is 2.68 bits per heavy atom. The molecule has 2 unspecified atom stereocenters. The molecule has 5 nitrogen and oxygen atoms in total. The fourth-order valence-corrected chi connectivity index (χ4v) is 8.12. The highest BCUT2D eigenvalue weighted by Crippen LogP contribution is 2.67. The Labute approximate surface area is 219 Å². The number of carbonyl (C=O) groups excluding carboxylic acids is 1. The van der Waals surface area contributed by atoms with Crippen molar-refractivity contribution in [3.8, 4) is 12.3 Å². The largest absolute Gasteiger partial charge is 0.385 e. The van der Waals surface area contributed by atoms with Crippen molar-refractivity contribution in [2.24, 2.45) is 33.7 Å². The van der Waals surface area contributed by atoms with Crippen molar-refractivity contribution >= 4 is 11.6 Å². The smallest absolute Gasteiger partial charge is 0.260 e. The standard InChI is InChI=1S/C31H39FN2O3/c1-4-31(36)17-13-27-25-10-7-22-19-24(11-15-29(22,2)26(25)12-16-30(27,31)3)34-37-20-28(35)33-18-14-21-5-8-23(32)9-6-21/h1,5-6,8-9,19,25-27,36H,7,10-18,20H2,2-3H3,(H,33,35)/t25-,26?,27?,29+,30+,31+/m1/s1. The first-order valence-electron chi connectivity index (χ1n) is 13.8. The van der Waals surface area contributed by atoms with Gasteiger partial charge in [-0.1, -0.05) is 42.6 Å². The summed E-state index contributed by atoms with van der Waals surface area (Å²) in [5.74, 6) is 4.00. The lowest BCUT2D eigenvalue weighted by atomic mass is 9.46. The highest BCUT2D eigenvalue weighted by atomic mass is 19.1. The average molecular weight is 507 g/mol. The molecule has 37 heavy (non-hydrogen) atoms. The molecule has 6 atom stereocenters. The first-order valence-corrected chi connectivity index (χ1v) is 13.8. The lowest BCUT2D eigenvalue weighted by Gasteiger charge is -2.58. The molecule has 5 rings (SSSR count). The van der Waals surface area contributed by atoms with Crippen molar-refractivity contribution < 1.29 is 19.1 Å². The zero-order chi connectivity index (χ0) is 26.3. The van der Waals surface area contributed by atoms with Crippen LogP contribution in [-0.4, -0.2) is 35.5 Å². The van der Waals surface area contributed by atoms with E-state index in [2.05, 4.69) is 36.3 Å². The number of aliphatic hydroxyl groups is 1. The van der Waals surface area contributed by atoms with Crippen LogP contribution >= 0.6 is 0 Å². The quantitative estimate of drug-likeness (QED) is 0.412. The zero-order valence-corrected chi connectivity index (χ0v) is 22.1. The molecule has 0 saturated heterocycles. The number of rotatable bonds is 6. The van der Waals surface area contributed by atoms with E-state index in [4.69, 9.17) is 11.3 Å². The van der Waals surface area contributed by atoms with E-state index in [1.54, 1.807) is 12.1 Å². The summed E-state index contributed by atoms with van der Waals surface area (Å²) in [5, 5.41) is 18.3. The average Bonchev–Trinajstić information content (AvgIpc) is 3.16. The van der Waals surface area contributed by atoms with Gasteiger partial charge in [-0.15, -0.1) is 6.42 Å². The van der Waals surface area contributed by atoms with E-state index in [-0.39, 0.29) is 29.2 Å². The van der Waals surface area contributed by atoms with Gasteiger partial charge in [0, 0.05) is 12.0 Å². The van der Waals surface area contributed by atoms with Crippen molar-refractivity contribution in [1.82, 2.24) is 5.32 Å². The fourth-order valence-electron chi connectivity index (χ4n) is 8.12. The van der Waals surface area contributed by atoms with Gasteiger partial charge in [-0.05, 0) is 105 Å². The lowest BCUT2D eigenvalue weighted by Crippen LogP contribution is -2.54. The number of nitrogens with zero attached hydrogens (tertiary/aromatic N) is 1. The van der Waals surface area contributed by atoms with Crippen LogP contribution in [0.15, 0.2) is 41.1 Å². The van der Waals surface area contributed by atoms with E-state index in [1.807, 2.05) is 0 Å². The SMILES string of the molecule is C#C[C@]1(O)CCC2[C@@H]3CCC4=CC(=NOCC(=O)NCCc5ccc(F)cc5)CC[C@]4(C)C3CC[C@@]21C. The second kappa shape index (κ2) is 9.91. The van der Waals surface area contributed by atoms with E-state index >= 15 is 0 Å². The lowest BCUT2D eigenvalue weighted by molar-refractivity contribution is -0.125. The molecular formula is C31H39FN2O3. The molecule has 0 aliphatic heterocycles. The predicted molar refractivity (Wildman–Crippen MR) is 142 cm³/mol. The van der Waals surface area contributed by atoms with Gasteiger partial charge in [0.2, 0.25) is 0 Å². The molecule has 0 radical (unpaired) electrons. The molecule has 0 aromatic heterocycles.